The zero-order chi connectivity index (χ0) is 28.4. The van der Waals surface area contributed by atoms with Gasteiger partial charge in [0.25, 0.3) is 5.91 Å². The van der Waals surface area contributed by atoms with Gasteiger partial charge in [-0.3, -0.25) is 9.78 Å². The normalized spacial score (nSPS) is 28.9. The molecule has 1 aromatic carbocycles. The Morgan fingerprint density at radius 1 is 1.20 bits per heavy atom. The highest BCUT2D eigenvalue weighted by atomic mass is 19.1. The summed E-state index contributed by atoms with van der Waals surface area (Å²) in [5.74, 6) is 4.56. The molecule has 212 valence electrons. The Kier molecular flexibility index (Phi) is 6.27. The van der Waals surface area contributed by atoms with Crippen LogP contribution in [0.15, 0.2) is 36.7 Å². The minimum atomic E-state index is -1.10. The monoisotopic (exact) mass is 552 g/mol. The lowest BCUT2D eigenvalue weighted by Crippen LogP contribution is -2.43. The molecule has 2 atom stereocenters. The fraction of sp³-hybridized carbons (Fsp3) is 0.515. The maximum absolute atomic E-state index is 14.4. The van der Waals surface area contributed by atoms with Crippen LogP contribution < -0.4 is 10.2 Å². The maximum Gasteiger partial charge on any atom is 0.259 e. The van der Waals surface area contributed by atoms with E-state index in [1.165, 1.54) is 5.56 Å². The van der Waals surface area contributed by atoms with Gasteiger partial charge < -0.3 is 14.8 Å². The Bertz CT molecular complexity index is 1540. The third kappa shape index (κ3) is 4.84. The third-order valence-electron chi connectivity index (χ3n) is 9.80. The van der Waals surface area contributed by atoms with Gasteiger partial charge in [0.15, 0.2) is 0 Å². The molecule has 3 aliphatic carbocycles. The first-order valence-electron chi connectivity index (χ1n) is 14.9. The highest BCUT2D eigenvalue weighted by Gasteiger charge is 2.46. The van der Waals surface area contributed by atoms with Gasteiger partial charge in [0.1, 0.15) is 17.8 Å². The first kappa shape index (κ1) is 26.3. The van der Waals surface area contributed by atoms with E-state index in [-0.39, 0.29) is 23.3 Å². The van der Waals surface area contributed by atoms with E-state index in [9.17, 15) is 9.18 Å². The summed E-state index contributed by atoms with van der Waals surface area (Å²) in [6.07, 6.45) is 14.2. The molecule has 7 nitrogen and oxygen atoms in total. The molecule has 8 heteroatoms. The summed E-state index contributed by atoms with van der Waals surface area (Å²) < 4.78 is 16.3. The summed E-state index contributed by atoms with van der Waals surface area (Å²) in [5, 5.41) is 11.9. The van der Waals surface area contributed by atoms with Crippen LogP contribution in [0.3, 0.4) is 0 Å². The second-order valence-electron chi connectivity index (χ2n) is 13.1. The van der Waals surface area contributed by atoms with Crippen LogP contribution in [-0.2, 0) is 32.0 Å². The molecular formula is C33H37FN6O. The number of anilines is 1. The Labute approximate surface area is 241 Å². The lowest BCUT2D eigenvalue weighted by atomic mass is 9.57. The summed E-state index contributed by atoms with van der Waals surface area (Å²) in [6.45, 7) is 2.78. The van der Waals surface area contributed by atoms with Gasteiger partial charge in [0.05, 0.1) is 12.2 Å². The summed E-state index contributed by atoms with van der Waals surface area (Å²) in [6, 6.07) is 10.5. The van der Waals surface area contributed by atoms with Crippen molar-refractivity contribution < 1.29 is 9.18 Å². The second kappa shape index (κ2) is 9.77. The maximum atomic E-state index is 14.4. The van der Waals surface area contributed by atoms with Gasteiger partial charge in [-0.25, -0.2) is 4.39 Å². The number of carbonyl (C=O) groups is 1. The molecule has 1 amide bonds. The molecule has 7 rings (SSSR count). The molecule has 3 saturated carbocycles. The molecule has 0 radical (unpaired) electrons. The number of carbonyl (C=O) groups excluding carboxylic acids is 1. The quantitative estimate of drug-likeness (QED) is 0.392. The number of benzene rings is 1. The predicted octanol–water partition coefficient (Wildman–Crippen LogP) is 5.14. The lowest BCUT2D eigenvalue weighted by molar-refractivity contribution is 0.0996. The number of halogens is 1. The first-order valence-corrected chi connectivity index (χ1v) is 14.9. The topological polar surface area (TPSA) is 75.9 Å². The van der Waals surface area contributed by atoms with Crippen molar-refractivity contribution in [2.45, 2.75) is 94.4 Å². The smallest absolute Gasteiger partial charge is 0.259 e. The fourth-order valence-corrected chi connectivity index (χ4v) is 7.25. The van der Waals surface area contributed by atoms with Crippen LogP contribution in [0.2, 0.25) is 0 Å². The van der Waals surface area contributed by atoms with Gasteiger partial charge in [0.2, 0.25) is 0 Å². The minimum Gasteiger partial charge on any atom is -0.321 e. The molecule has 0 spiro atoms. The van der Waals surface area contributed by atoms with Crippen molar-refractivity contribution >= 4 is 11.6 Å². The van der Waals surface area contributed by atoms with E-state index in [0.717, 1.165) is 72.6 Å². The Balaban J connectivity index is 1.15. The number of alkyl halides is 1. The number of terminal acetylenes is 1. The highest BCUT2D eigenvalue weighted by molar-refractivity contribution is 6.10. The van der Waals surface area contributed by atoms with Crippen molar-refractivity contribution in [3.8, 4) is 12.3 Å². The number of pyridine rings is 1. The van der Waals surface area contributed by atoms with E-state index in [4.69, 9.17) is 11.4 Å². The molecule has 3 heterocycles. The molecule has 2 aromatic heterocycles. The Hall–Kier alpha value is -3.57. The van der Waals surface area contributed by atoms with Gasteiger partial charge in [-0.05, 0) is 75.6 Å². The summed E-state index contributed by atoms with van der Waals surface area (Å²) in [4.78, 5) is 20.9. The molecule has 0 bridgehead atoms. The third-order valence-corrected chi connectivity index (χ3v) is 9.80. The van der Waals surface area contributed by atoms with Crippen LogP contribution in [0, 0.1) is 18.3 Å². The Morgan fingerprint density at radius 3 is 2.71 bits per heavy atom. The molecule has 2 unspecified atom stereocenters. The van der Waals surface area contributed by atoms with E-state index < -0.39 is 5.67 Å². The molecule has 3 aromatic rings. The average molecular weight is 553 g/mol. The van der Waals surface area contributed by atoms with E-state index in [1.54, 1.807) is 13.3 Å². The number of aryl methyl sites for hydroxylation is 1. The zero-order valence-corrected chi connectivity index (χ0v) is 23.9. The van der Waals surface area contributed by atoms with Gasteiger partial charge in [-0.15, -0.1) is 22.5 Å². The number of fused-ring (bicyclic) bond motifs is 1. The highest BCUT2D eigenvalue weighted by Crippen LogP contribution is 2.50. The van der Waals surface area contributed by atoms with Crippen molar-refractivity contribution in [1.29, 1.82) is 0 Å². The summed E-state index contributed by atoms with van der Waals surface area (Å²) >= 11 is 0. The van der Waals surface area contributed by atoms with E-state index in [1.807, 2.05) is 28.6 Å². The largest absolute Gasteiger partial charge is 0.321 e. The van der Waals surface area contributed by atoms with E-state index in [2.05, 4.69) is 39.6 Å². The van der Waals surface area contributed by atoms with Crippen LogP contribution in [0.5, 0.6) is 0 Å². The van der Waals surface area contributed by atoms with Crippen molar-refractivity contribution in [1.82, 2.24) is 25.1 Å². The summed E-state index contributed by atoms with van der Waals surface area (Å²) in [5.41, 5.74) is 4.64. The SMILES string of the molecule is C#CC1CC(Cc2nncn2C)(c2cccc(N3Cc4c(cc(CNC5CCC(C)(F)C5)nc4C4CC4)C3=O)c2)C1. The second-order valence-corrected chi connectivity index (χ2v) is 13.1. The number of rotatable bonds is 8. The molecular weight excluding hydrogens is 515 g/mol. The number of hydrogen-bond acceptors (Lipinski definition) is 5. The number of nitrogens with zero attached hydrogens (tertiary/aromatic N) is 5. The first-order chi connectivity index (χ1) is 19.7. The van der Waals surface area contributed by atoms with E-state index >= 15 is 0 Å². The lowest BCUT2D eigenvalue weighted by Gasteiger charge is -2.46. The molecule has 3 fully saturated rings. The van der Waals surface area contributed by atoms with Crippen molar-refractivity contribution in [3.63, 3.8) is 0 Å². The van der Waals surface area contributed by atoms with E-state index in [0.29, 0.717) is 31.8 Å². The van der Waals surface area contributed by atoms with Crippen molar-refractivity contribution in [3.05, 3.63) is 70.6 Å². The molecule has 4 aliphatic rings. The summed E-state index contributed by atoms with van der Waals surface area (Å²) in [7, 11) is 1.97. The predicted molar refractivity (Wildman–Crippen MR) is 155 cm³/mol. The molecule has 0 saturated heterocycles. The zero-order valence-electron chi connectivity index (χ0n) is 23.9. The van der Waals surface area contributed by atoms with Crippen molar-refractivity contribution in [2.24, 2.45) is 13.0 Å². The van der Waals surface area contributed by atoms with Crippen LogP contribution in [-0.4, -0.2) is 37.4 Å². The molecule has 41 heavy (non-hydrogen) atoms. The van der Waals surface area contributed by atoms with Gasteiger partial charge in [-0.2, -0.15) is 0 Å². The van der Waals surface area contributed by atoms with Crippen LogP contribution in [0.1, 0.15) is 96.5 Å². The average Bonchev–Trinajstić information content (AvgIpc) is 3.50. The van der Waals surface area contributed by atoms with Gasteiger partial charge in [-0.1, -0.05) is 12.1 Å². The van der Waals surface area contributed by atoms with Crippen molar-refractivity contribution in [2.75, 3.05) is 4.90 Å². The van der Waals surface area contributed by atoms with Crippen LogP contribution in [0.4, 0.5) is 10.1 Å². The number of hydrogen-bond donors (Lipinski definition) is 1. The minimum absolute atomic E-state index is 0.0253. The van der Waals surface area contributed by atoms with Gasteiger partial charge >= 0.3 is 0 Å². The van der Waals surface area contributed by atoms with Gasteiger partial charge in [0, 0.05) is 65.8 Å². The fourth-order valence-electron chi connectivity index (χ4n) is 7.25. The van der Waals surface area contributed by atoms with Crippen LogP contribution >= 0.6 is 0 Å². The number of amides is 1. The number of nitrogens with one attached hydrogen (secondary N) is 1. The number of aromatic nitrogens is 4. The standard InChI is InChI=1S/C33H37FN6O/c1-4-21-14-33(15-21,17-29-38-36-20-39(29)3)23-6-5-7-26(12-23)40-19-28-27(31(40)41)13-25(37-30(28)22-8-9-22)18-35-24-10-11-32(2,34)16-24/h1,5-7,12-13,20-22,24,35H,8-11,14-19H2,2-3H3. The Morgan fingerprint density at radius 2 is 2.02 bits per heavy atom. The molecule has 1 N–H and O–H groups in total. The molecule has 1 aliphatic heterocycles. The van der Waals surface area contributed by atoms with Crippen LogP contribution in [0.25, 0.3) is 0 Å².